The van der Waals surface area contributed by atoms with Crippen LogP contribution in [-0.4, -0.2) is 18.1 Å². The van der Waals surface area contributed by atoms with Crippen molar-refractivity contribution >= 4 is 17.3 Å². The number of hydrogen-bond acceptors (Lipinski definition) is 4. The van der Waals surface area contributed by atoms with Crippen molar-refractivity contribution in [3.63, 3.8) is 0 Å². The number of esters is 1. The standard InChI is InChI=1S/C5H4NO2S/c1-8-5(7)4-2-9-3-6-4/h3H,1H3. The normalized spacial score (nSPS) is 9.00. The molecule has 9 heavy (non-hydrogen) atoms. The zero-order chi connectivity index (χ0) is 6.69. The highest BCUT2D eigenvalue weighted by molar-refractivity contribution is 7.07. The summed E-state index contributed by atoms with van der Waals surface area (Å²) in [7, 11) is 1.32. The molecule has 1 rings (SSSR count). The van der Waals surface area contributed by atoms with Gasteiger partial charge in [0.2, 0.25) is 0 Å². The minimum absolute atomic E-state index is 0.252. The fraction of sp³-hybridized carbons (Fsp3) is 0.200. The highest BCUT2D eigenvalue weighted by atomic mass is 32.1. The minimum atomic E-state index is -0.434. The molecule has 0 atom stereocenters. The van der Waals surface area contributed by atoms with Crippen molar-refractivity contribution in [1.82, 2.24) is 4.98 Å². The Balaban J connectivity index is 2.77. The van der Waals surface area contributed by atoms with Gasteiger partial charge in [-0.2, -0.15) is 0 Å². The molecule has 1 heterocycles. The Morgan fingerprint density at radius 3 is 3.22 bits per heavy atom. The number of nitrogens with zero attached hydrogens (tertiary/aromatic N) is 1. The maximum atomic E-state index is 10.6. The van der Waals surface area contributed by atoms with Crippen LogP contribution in [-0.2, 0) is 4.74 Å². The lowest BCUT2D eigenvalue weighted by atomic mass is 10.5. The molecule has 47 valence electrons. The first-order valence-electron chi connectivity index (χ1n) is 2.24. The Morgan fingerprint density at radius 1 is 2.00 bits per heavy atom. The van der Waals surface area contributed by atoms with Crippen molar-refractivity contribution in [2.24, 2.45) is 0 Å². The summed E-state index contributed by atoms with van der Waals surface area (Å²) in [4.78, 5) is 14.2. The number of rotatable bonds is 1. The van der Waals surface area contributed by atoms with E-state index in [1.165, 1.54) is 24.0 Å². The molecule has 0 fully saturated rings. The average Bonchev–Trinajstić information content (AvgIpc) is 2.37. The molecule has 0 unspecified atom stereocenters. The lowest BCUT2D eigenvalue weighted by Crippen LogP contribution is -2.00. The second kappa shape index (κ2) is 2.59. The summed E-state index contributed by atoms with van der Waals surface area (Å²) in [5.74, 6) is -0.434. The molecule has 0 N–H and O–H groups in total. The molecule has 4 heteroatoms. The number of ether oxygens (including phenoxy) is 1. The average molecular weight is 142 g/mol. The molecular formula is C5H4NO2S. The monoisotopic (exact) mass is 142 g/mol. The summed E-state index contributed by atoms with van der Waals surface area (Å²) in [6.07, 6.45) is 0. The number of aromatic nitrogens is 1. The molecular weight excluding hydrogens is 138 g/mol. The van der Waals surface area contributed by atoms with Crippen molar-refractivity contribution in [2.45, 2.75) is 0 Å². The summed E-state index contributed by atoms with van der Waals surface area (Å²) in [6, 6.07) is 0. The van der Waals surface area contributed by atoms with Gasteiger partial charge >= 0.3 is 5.97 Å². The molecule has 0 amide bonds. The molecule has 1 radical (unpaired) electrons. The van der Waals surface area contributed by atoms with E-state index in [1.807, 2.05) is 0 Å². The number of carbonyl (C=O) groups excluding carboxylic acids is 1. The molecule has 0 aliphatic carbocycles. The first kappa shape index (κ1) is 6.22. The second-order valence-electron chi connectivity index (χ2n) is 1.29. The Kier molecular flexibility index (Phi) is 1.79. The van der Waals surface area contributed by atoms with Crippen LogP contribution < -0.4 is 0 Å². The van der Waals surface area contributed by atoms with Gasteiger partial charge < -0.3 is 4.74 Å². The summed E-state index contributed by atoms with van der Waals surface area (Å²) in [5.41, 5.74) is 1.79. The summed E-state index contributed by atoms with van der Waals surface area (Å²) < 4.78 is 4.37. The highest BCUT2D eigenvalue weighted by Gasteiger charge is 2.05. The van der Waals surface area contributed by atoms with Gasteiger partial charge in [0.1, 0.15) is 0 Å². The number of thiazole rings is 1. The van der Waals surface area contributed by atoms with Crippen LogP contribution in [0.3, 0.4) is 0 Å². The van der Waals surface area contributed by atoms with Crippen molar-refractivity contribution in [1.29, 1.82) is 0 Å². The third-order valence-corrected chi connectivity index (χ3v) is 1.29. The summed E-state index contributed by atoms with van der Waals surface area (Å²) in [6.45, 7) is 0. The van der Waals surface area contributed by atoms with Crippen molar-refractivity contribution < 1.29 is 9.53 Å². The van der Waals surface area contributed by atoms with Crippen LogP contribution in [0, 0.1) is 5.38 Å². The maximum Gasteiger partial charge on any atom is 0.358 e. The van der Waals surface area contributed by atoms with E-state index >= 15 is 0 Å². The van der Waals surface area contributed by atoms with Gasteiger partial charge in [-0.05, 0) is 0 Å². The van der Waals surface area contributed by atoms with E-state index in [1.54, 1.807) is 0 Å². The van der Waals surface area contributed by atoms with Crippen LogP contribution in [0.1, 0.15) is 10.5 Å². The van der Waals surface area contributed by atoms with Crippen molar-refractivity contribution in [3.8, 4) is 0 Å². The second-order valence-corrected chi connectivity index (χ2v) is 1.95. The third-order valence-electron chi connectivity index (χ3n) is 0.769. The molecule has 1 aromatic rings. The van der Waals surface area contributed by atoms with E-state index in [9.17, 15) is 4.79 Å². The van der Waals surface area contributed by atoms with Gasteiger partial charge in [0.15, 0.2) is 5.69 Å². The molecule has 0 saturated heterocycles. The number of carbonyl (C=O) groups is 1. The predicted molar refractivity (Wildman–Crippen MR) is 32.3 cm³/mol. The smallest absolute Gasteiger partial charge is 0.358 e. The first-order chi connectivity index (χ1) is 4.34. The Morgan fingerprint density at radius 2 is 2.78 bits per heavy atom. The van der Waals surface area contributed by atoms with Crippen LogP contribution in [0.2, 0.25) is 0 Å². The molecule has 0 aliphatic rings. The van der Waals surface area contributed by atoms with E-state index in [0.717, 1.165) is 0 Å². The Labute approximate surface area is 56.3 Å². The first-order valence-corrected chi connectivity index (χ1v) is 3.12. The van der Waals surface area contributed by atoms with E-state index in [0.29, 0.717) is 0 Å². The maximum absolute atomic E-state index is 10.6. The zero-order valence-corrected chi connectivity index (χ0v) is 5.57. The number of hydrogen-bond donors (Lipinski definition) is 0. The molecule has 0 aliphatic heterocycles. The molecule has 0 bridgehead atoms. The largest absolute Gasteiger partial charge is 0.464 e. The van der Waals surface area contributed by atoms with Crippen LogP contribution in [0.25, 0.3) is 0 Å². The minimum Gasteiger partial charge on any atom is -0.464 e. The van der Waals surface area contributed by atoms with Gasteiger partial charge in [-0.15, -0.1) is 11.3 Å². The molecule has 0 aromatic carbocycles. The van der Waals surface area contributed by atoms with Gasteiger partial charge in [-0.1, -0.05) is 0 Å². The highest BCUT2D eigenvalue weighted by Crippen LogP contribution is 1.99. The SMILES string of the molecule is COC(=O)c1[c]scn1. The van der Waals surface area contributed by atoms with Gasteiger partial charge in [-0.25, -0.2) is 9.78 Å². The summed E-state index contributed by atoms with van der Waals surface area (Å²) in [5, 5.41) is 2.64. The van der Waals surface area contributed by atoms with Crippen LogP contribution >= 0.6 is 11.3 Å². The Hall–Kier alpha value is -0.900. The zero-order valence-electron chi connectivity index (χ0n) is 4.75. The van der Waals surface area contributed by atoms with Crippen LogP contribution in [0.15, 0.2) is 5.51 Å². The van der Waals surface area contributed by atoms with Gasteiger partial charge in [0, 0.05) is 0 Å². The Bertz CT molecular complexity index is 195. The van der Waals surface area contributed by atoms with Gasteiger partial charge in [0.05, 0.1) is 18.0 Å². The lowest BCUT2D eigenvalue weighted by molar-refractivity contribution is 0.0594. The summed E-state index contributed by atoms with van der Waals surface area (Å²) >= 11 is 1.25. The molecule has 1 aromatic heterocycles. The van der Waals surface area contributed by atoms with E-state index in [4.69, 9.17) is 0 Å². The van der Waals surface area contributed by atoms with E-state index < -0.39 is 5.97 Å². The van der Waals surface area contributed by atoms with Gasteiger partial charge in [0.25, 0.3) is 0 Å². The lowest BCUT2D eigenvalue weighted by Gasteiger charge is -1.88. The van der Waals surface area contributed by atoms with E-state index in [-0.39, 0.29) is 5.69 Å². The molecule has 0 spiro atoms. The van der Waals surface area contributed by atoms with Crippen LogP contribution in [0.5, 0.6) is 0 Å². The fourth-order valence-corrected chi connectivity index (χ4v) is 0.837. The fourth-order valence-electron chi connectivity index (χ4n) is 0.379. The molecule has 3 nitrogen and oxygen atoms in total. The third kappa shape index (κ3) is 1.26. The molecule has 0 saturated carbocycles. The predicted octanol–water partition coefficient (Wildman–Crippen LogP) is 0.730. The quantitative estimate of drug-likeness (QED) is 0.542. The number of methoxy groups -OCH3 is 1. The topological polar surface area (TPSA) is 39.2 Å². The van der Waals surface area contributed by atoms with Crippen LogP contribution in [0.4, 0.5) is 0 Å². The van der Waals surface area contributed by atoms with E-state index in [2.05, 4.69) is 15.1 Å². The van der Waals surface area contributed by atoms with Gasteiger partial charge in [-0.3, -0.25) is 0 Å². The van der Waals surface area contributed by atoms with Crippen molar-refractivity contribution in [3.05, 3.63) is 16.6 Å². The van der Waals surface area contributed by atoms with Crippen molar-refractivity contribution in [2.75, 3.05) is 7.11 Å².